The van der Waals surface area contributed by atoms with Gasteiger partial charge in [-0.25, -0.2) is 13.2 Å². The highest BCUT2D eigenvalue weighted by Gasteiger charge is 2.33. The lowest BCUT2D eigenvalue weighted by molar-refractivity contribution is 0.0602. The molecule has 0 amide bonds. The van der Waals surface area contributed by atoms with E-state index in [0.717, 1.165) is 17.0 Å². The van der Waals surface area contributed by atoms with Crippen LogP contribution in [0.5, 0.6) is 5.75 Å². The van der Waals surface area contributed by atoms with E-state index in [1.807, 2.05) is 19.1 Å². The minimum atomic E-state index is -3.73. The predicted molar refractivity (Wildman–Crippen MR) is 97.0 cm³/mol. The van der Waals surface area contributed by atoms with Gasteiger partial charge in [0.25, 0.3) is 0 Å². The van der Waals surface area contributed by atoms with Crippen molar-refractivity contribution in [1.82, 2.24) is 9.29 Å². The summed E-state index contributed by atoms with van der Waals surface area (Å²) >= 11 is 1.06. The van der Waals surface area contributed by atoms with Crippen LogP contribution in [0.15, 0.2) is 34.7 Å². The van der Waals surface area contributed by atoms with Gasteiger partial charge in [-0.05, 0) is 43.3 Å². The molecule has 9 heteroatoms. The quantitative estimate of drug-likeness (QED) is 0.722. The van der Waals surface area contributed by atoms with E-state index < -0.39 is 16.0 Å². The van der Waals surface area contributed by atoms with E-state index in [2.05, 4.69) is 9.72 Å². The van der Waals surface area contributed by atoms with E-state index in [9.17, 15) is 13.2 Å². The first-order valence-corrected chi connectivity index (χ1v) is 10.5. The van der Waals surface area contributed by atoms with Crippen LogP contribution in [0.1, 0.15) is 28.2 Å². The Morgan fingerprint density at radius 1 is 1.27 bits per heavy atom. The number of aryl methyl sites for hydroxylation is 1. The number of rotatable bonds is 5. The van der Waals surface area contributed by atoms with Crippen LogP contribution >= 0.6 is 11.3 Å². The Morgan fingerprint density at radius 2 is 2.00 bits per heavy atom. The summed E-state index contributed by atoms with van der Waals surface area (Å²) in [7, 11) is -2.49. The first-order valence-electron chi connectivity index (χ1n) is 8.17. The molecule has 0 bridgehead atoms. The van der Waals surface area contributed by atoms with Crippen LogP contribution in [-0.4, -0.2) is 50.0 Å². The van der Waals surface area contributed by atoms with Crippen molar-refractivity contribution in [1.29, 1.82) is 0 Å². The molecule has 3 rings (SSSR count). The van der Waals surface area contributed by atoms with Gasteiger partial charge in [0.1, 0.15) is 21.6 Å². The molecule has 0 aromatic carbocycles. The van der Waals surface area contributed by atoms with Gasteiger partial charge in [-0.2, -0.15) is 4.31 Å². The SMILES string of the molecule is COC(=O)c1sccc1S(=O)(=O)N1CCC(Oc2ccc(C)nc2)CC1. The van der Waals surface area contributed by atoms with Crippen molar-refractivity contribution in [2.45, 2.75) is 30.8 Å². The van der Waals surface area contributed by atoms with Gasteiger partial charge in [-0.1, -0.05) is 0 Å². The first kappa shape index (κ1) is 18.8. The standard InChI is InChI=1S/C17H20N2O5S2/c1-12-3-4-14(11-18-12)24-13-5-8-19(9-6-13)26(21,22)15-7-10-25-16(15)17(20)23-2/h3-4,7,10-11,13H,5-6,8-9H2,1-2H3. The van der Waals surface area contributed by atoms with Crippen molar-refractivity contribution in [2.75, 3.05) is 20.2 Å². The lowest BCUT2D eigenvalue weighted by atomic mass is 10.1. The zero-order chi connectivity index (χ0) is 18.7. The highest BCUT2D eigenvalue weighted by Crippen LogP contribution is 2.28. The van der Waals surface area contributed by atoms with Crippen LogP contribution in [0.3, 0.4) is 0 Å². The number of hydrogen-bond acceptors (Lipinski definition) is 7. The van der Waals surface area contributed by atoms with Crippen molar-refractivity contribution in [3.05, 3.63) is 40.3 Å². The minimum absolute atomic E-state index is 0.0106. The highest BCUT2D eigenvalue weighted by molar-refractivity contribution is 7.89. The summed E-state index contributed by atoms with van der Waals surface area (Å²) in [4.78, 5) is 16.1. The maximum Gasteiger partial charge on any atom is 0.349 e. The normalized spacial score (nSPS) is 16.4. The van der Waals surface area contributed by atoms with Crippen molar-refractivity contribution in [2.24, 2.45) is 0 Å². The molecule has 0 saturated carbocycles. The number of nitrogens with zero attached hydrogens (tertiary/aromatic N) is 2. The number of thiophene rings is 1. The smallest absolute Gasteiger partial charge is 0.349 e. The van der Waals surface area contributed by atoms with Crippen LogP contribution < -0.4 is 4.74 Å². The summed E-state index contributed by atoms with van der Waals surface area (Å²) in [6, 6.07) is 5.19. The third-order valence-electron chi connectivity index (χ3n) is 4.21. The van der Waals surface area contributed by atoms with Gasteiger partial charge in [0, 0.05) is 18.8 Å². The average Bonchev–Trinajstić information content (AvgIpc) is 3.14. The molecule has 0 N–H and O–H groups in total. The zero-order valence-corrected chi connectivity index (χ0v) is 16.2. The number of pyridine rings is 1. The molecule has 1 aliphatic heterocycles. The number of carbonyl (C=O) groups excluding carboxylic acids is 1. The number of carbonyl (C=O) groups is 1. The molecule has 0 aliphatic carbocycles. The van der Waals surface area contributed by atoms with E-state index in [1.54, 1.807) is 11.6 Å². The van der Waals surface area contributed by atoms with Crippen molar-refractivity contribution >= 4 is 27.3 Å². The third-order valence-corrected chi connectivity index (χ3v) is 7.17. The fraction of sp³-hybridized carbons (Fsp3) is 0.412. The Hall–Kier alpha value is -1.97. The molecule has 140 valence electrons. The second kappa shape index (κ2) is 7.73. The molecule has 1 aliphatic rings. The number of hydrogen-bond donors (Lipinski definition) is 0. The maximum atomic E-state index is 12.9. The number of piperidine rings is 1. The maximum absolute atomic E-state index is 12.9. The van der Waals surface area contributed by atoms with Crippen molar-refractivity contribution < 1.29 is 22.7 Å². The molecule has 2 aromatic rings. The fourth-order valence-corrected chi connectivity index (χ4v) is 5.57. The topological polar surface area (TPSA) is 85.8 Å². The molecule has 0 unspecified atom stereocenters. The molecule has 2 aromatic heterocycles. The van der Waals surface area contributed by atoms with Crippen LogP contribution in [0.4, 0.5) is 0 Å². The van der Waals surface area contributed by atoms with Gasteiger partial charge in [0.05, 0.1) is 13.3 Å². The molecule has 1 fully saturated rings. The number of esters is 1. The van der Waals surface area contributed by atoms with Crippen LogP contribution in [0.2, 0.25) is 0 Å². The van der Waals surface area contributed by atoms with Gasteiger partial charge in [-0.15, -0.1) is 11.3 Å². The predicted octanol–water partition coefficient (Wildman–Crippen LogP) is 2.47. The fourth-order valence-electron chi connectivity index (χ4n) is 2.79. The number of sulfonamides is 1. The monoisotopic (exact) mass is 396 g/mol. The van der Waals surface area contributed by atoms with Crippen molar-refractivity contribution in [3.63, 3.8) is 0 Å². The largest absolute Gasteiger partial charge is 0.489 e. The summed E-state index contributed by atoms with van der Waals surface area (Å²) < 4.78 is 37.7. The summed E-state index contributed by atoms with van der Waals surface area (Å²) in [6.07, 6.45) is 2.76. The van der Waals surface area contributed by atoms with E-state index >= 15 is 0 Å². The molecular formula is C17H20N2O5S2. The minimum Gasteiger partial charge on any atom is -0.489 e. The van der Waals surface area contributed by atoms with Gasteiger partial charge < -0.3 is 9.47 Å². The van der Waals surface area contributed by atoms with Crippen LogP contribution in [0.25, 0.3) is 0 Å². The summed E-state index contributed by atoms with van der Waals surface area (Å²) in [5.74, 6) is 0.0476. The van der Waals surface area contributed by atoms with Crippen LogP contribution in [-0.2, 0) is 14.8 Å². The molecule has 3 heterocycles. The molecule has 26 heavy (non-hydrogen) atoms. The van der Waals surface area contributed by atoms with Gasteiger partial charge in [0.2, 0.25) is 10.0 Å². The Kier molecular flexibility index (Phi) is 5.59. The van der Waals surface area contributed by atoms with Gasteiger partial charge >= 0.3 is 5.97 Å². The summed E-state index contributed by atoms with van der Waals surface area (Å²) in [6.45, 7) is 2.58. The van der Waals surface area contributed by atoms with Crippen molar-refractivity contribution in [3.8, 4) is 5.75 Å². The first-order chi connectivity index (χ1) is 12.4. The van der Waals surface area contributed by atoms with E-state index in [0.29, 0.717) is 31.7 Å². The Balaban J connectivity index is 1.66. The average molecular weight is 396 g/mol. The second-order valence-electron chi connectivity index (χ2n) is 5.96. The second-order valence-corrected chi connectivity index (χ2v) is 8.78. The lowest BCUT2D eigenvalue weighted by Gasteiger charge is -2.31. The Labute approximate surface area is 156 Å². The molecular weight excluding hydrogens is 376 g/mol. The van der Waals surface area contributed by atoms with Gasteiger partial charge in [-0.3, -0.25) is 4.98 Å². The molecule has 0 radical (unpaired) electrons. The number of ether oxygens (including phenoxy) is 2. The molecule has 7 nitrogen and oxygen atoms in total. The van der Waals surface area contributed by atoms with E-state index in [4.69, 9.17) is 4.74 Å². The van der Waals surface area contributed by atoms with E-state index in [1.165, 1.54) is 17.5 Å². The summed E-state index contributed by atoms with van der Waals surface area (Å²) in [5, 5.41) is 1.58. The molecule has 1 saturated heterocycles. The Morgan fingerprint density at radius 3 is 2.62 bits per heavy atom. The highest BCUT2D eigenvalue weighted by atomic mass is 32.2. The molecule has 0 atom stereocenters. The van der Waals surface area contributed by atoms with Crippen LogP contribution in [0, 0.1) is 6.92 Å². The zero-order valence-electron chi connectivity index (χ0n) is 14.5. The third kappa shape index (κ3) is 3.89. The summed E-state index contributed by atoms with van der Waals surface area (Å²) in [5.41, 5.74) is 0.912. The number of methoxy groups -OCH3 is 1. The number of aromatic nitrogens is 1. The Bertz CT molecular complexity index is 869. The van der Waals surface area contributed by atoms with Gasteiger partial charge in [0.15, 0.2) is 0 Å². The van der Waals surface area contributed by atoms with E-state index in [-0.39, 0.29) is 15.9 Å². The molecule has 0 spiro atoms. The lowest BCUT2D eigenvalue weighted by Crippen LogP contribution is -2.42.